The molecule has 5 saturated carbocycles. The monoisotopic (exact) mass is 848 g/mol. The number of nitrogens with one attached hydrogen (secondary N) is 1. The number of alkyl halides is 3. The molecular formula is C49H60ClF3N2O5. The number of halogens is 4. The molecule has 7 nitrogen and oxygen atoms in total. The normalized spacial score (nSPS) is 31.5. The maximum Gasteiger partial charge on any atom is 0.416 e. The zero-order valence-corrected chi connectivity index (χ0v) is 36.1. The van der Waals surface area contributed by atoms with E-state index < -0.39 is 34.6 Å². The number of nitrogens with zero attached hydrogens (tertiary/aromatic N) is 1. The summed E-state index contributed by atoms with van der Waals surface area (Å²) in [7, 11) is 0. The summed E-state index contributed by atoms with van der Waals surface area (Å²) < 4.78 is 47.1. The Morgan fingerprint density at radius 3 is 2.33 bits per heavy atom. The third-order valence-electron chi connectivity index (χ3n) is 15.1. The molecule has 7 aliphatic carbocycles. The first kappa shape index (κ1) is 43.1. The zero-order chi connectivity index (χ0) is 42.8. The van der Waals surface area contributed by atoms with Crippen LogP contribution < -0.4 is 5.32 Å². The molecule has 6 bridgehead atoms. The van der Waals surface area contributed by atoms with E-state index in [4.69, 9.17) is 16.0 Å². The quantitative estimate of drug-likeness (QED) is 0.155. The number of aliphatic hydroxyl groups excluding tert-OH is 1. The number of furan rings is 1. The Kier molecular flexibility index (Phi) is 11.7. The van der Waals surface area contributed by atoms with Crippen LogP contribution in [0.3, 0.4) is 0 Å². The van der Waals surface area contributed by atoms with Crippen LogP contribution in [0.2, 0.25) is 5.02 Å². The Morgan fingerprint density at radius 2 is 1.67 bits per heavy atom. The predicted molar refractivity (Wildman–Crippen MR) is 227 cm³/mol. The first-order valence-electron chi connectivity index (χ1n) is 22.1. The van der Waals surface area contributed by atoms with Gasteiger partial charge in [-0.25, -0.2) is 4.79 Å². The molecule has 0 spiro atoms. The number of rotatable bonds is 8. The standard InChI is InChI=1S/C49H60ClF3N2O5/c1-29(2)54-45(58)55(27-47-24-32-18-33(25-47)20-34(19-32)26-47)28-48(59)17-15-40-37-11-8-31(21-36(56)10-7-30(3)6-5-16-46(40,48)4)22-38(37)44(57)43-14-13-42(60-43)39-23-35(49(51,52)53)9-12-41(39)50/h6,8-9,11-14,22-23,29,32-34,36,40,56,59H,5,7,10,15-21,24-28H2,1-4H3,(H,54,58). The van der Waals surface area contributed by atoms with E-state index in [0.717, 1.165) is 42.5 Å². The molecule has 2 amide bonds. The van der Waals surface area contributed by atoms with E-state index in [9.17, 15) is 33.0 Å². The van der Waals surface area contributed by atoms with Gasteiger partial charge in [0.2, 0.25) is 5.78 Å². The van der Waals surface area contributed by atoms with Gasteiger partial charge in [-0.3, -0.25) is 4.79 Å². The van der Waals surface area contributed by atoms with Gasteiger partial charge in [-0.1, -0.05) is 42.3 Å². The highest BCUT2D eigenvalue weighted by Gasteiger charge is 2.59. The average Bonchev–Trinajstić information content (AvgIpc) is 3.75. The molecule has 10 rings (SSSR count). The minimum absolute atomic E-state index is 0.0217. The summed E-state index contributed by atoms with van der Waals surface area (Å²) in [4.78, 5) is 30.9. The number of fused-ring (bicyclic) bond motifs is 8. The largest absolute Gasteiger partial charge is 0.453 e. The second-order valence-corrected chi connectivity index (χ2v) is 20.4. The van der Waals surface area contributed by atoms with Gasteiger partial charge in [0.05, 0.1) is 28.8 Å². The van der Waals surface area contributed by atoms with Gasteiger partial charge in [-0.15, -0.1) is 0 Å². The highest BCUT2D eigenvalue weighted by atomic mass is 35.5. The van der Waals surface area contributed by atoms with Crippen molar-refractivity contribution in [2.24, 2.45) is 28.6 Å². The molecule has 4 atom stereocenters. The van der Waals surface area contributed by atoms with E-state index in [-0.39, 0.29) is 52.1 Å². The maximum atomic E-state index is 14.7. The van der Waals surface area contributed by atoms with E-state index in [2.05, 4.69) is 25.2 Å². The highest BCUT2D eigenvalue weighted by Crippen LogP contribution is 2.62. The summed E-state index contributed by atoms with van der Waals surface area (Å²) in [5.41, 5.74) is 0.170. The predicted octanol–water partition coefficient (Wildman–Crippen LogP) is 11.5. The molecule has 60 heavy (non-hydrogen) atoms. The third-order valence-corrected chi connectivity index (χ3v) is 15.5. The summed E-state index contributed by atoms with van der Waals surface area (Å²) in [6.45, 7) is 8.93. The molecule has 324 valence electrons. The van der Waals surface area contributed by atoms with Gasteiger partial charge < -0.3 is 24.8 Å². The summed E-state index contributed by atoms with van der Waals surface area (Å²) in [6, 6.07) is 11.4. The van der Waals surface area contributed by atoms with Crippen LogP contribution in [-0.4, -0.2) is 57.8 Å². The number of hydrogen-bond donors (Lipinski definition) is 3. The van der Waals surface area contributed by atoms with Crippen LogP contribution in [0.1, 0.15) is 143 Å². The maximum absolute atomic E-state index is 14.7. The molecule has 1 aromatic heterocycles. The zero-order valence-electron chi connectivity index (χ0n) is 35.3. The van der Waals surface area contributed by atoms with E-state index in [1.54, 1.807) is 0 Å². The Bertz CT molecular complexity index is 2110. The summed E-state index contributed by atoms with van der Waals surface area (Å²) in [5.74, 6) is 1.37. The van der Waals surface area contributed by atoms with Crippen LogP contribution in [0, 0.1) is 28.6 Å². The van der Waals surface area contributed by atoms with Crippen LogP contribution in [0.5, 0.6) is 0 Å². The SMILES string of the molecule is CC1=CCCC2(C)C(CCC2(O)CN(CC23CC4CC(CC(C4)C2)C3)C(=O)NC(C)C)c2ccc(cc2C(=O)c2ccc(-c3cc(C(F)(F)F)ccc3Cl)o2)CC(O)CC1. The number of urea groups is 1. The smallest absolute Gasteiger partial charge is 0.416 e. The van der Waals surface area contributed by atoms with Gasteiger partial charge in [0.25, 0.3) is 0 Å². The third kappa shape index (κ3) is 8.46. The molecule has 0 aliphatic heterocycles. The van der Waals surface area contributed by atoms with Crippen molar-refractivity contribution in [1.29, 1.82) is 0 Å². The summed E-state index contributed by atoms with van der Waals surface area (Å²) in [5, 5.41) is 27.6. The summed E-state index contributed by atoms with van der Waals surface area (Å²) in [6.07, 6.45) is 8.09. The van der Waals surface area contributed by atoms with Gasteiger partial charge >= 0.3 is 12.2 Å². The van der Waals surface area contributed by atoms with Crippen LogP contribution in [0.25, 0.3) is 11.3 Å². The number of aliphatic hydroxyl groups is 2. The lowest BCUT2D eigenvalue weighted by Gasteiger charge is -2.58. The number of amides is 2. The number of allylic oxidation sites excluding steroid dienone is 2. The van der Waals surface area contributed by atoms with Crippen molar-refractivity contribution in [3.8, 4) is 11.3 Å². The molecule has 3 N–H and O–H groups in total. The van der Waals surface area contributed by atoms with Crippen LogP contribution in [0.15, 0.2) is 64.6 Å². The van der Waals surface area contributed by atoms with Crippen LogP contribution in [0.4, 0.5) is 18.0 Å². The van der Waals surface area contributed by atoms with Gasteiger partial charge in [0.15, 0.2) is 5.76 Å². The second kappa shape index (κ2) is 16.3. The molecule has 3 aromatic rings. The number of carbonyl (C=O) groups is 2. The van der Waals surface area contributed by atoms with Crippen molar-refractivity contribution in [2.45, 2.75) is 141 Å². The van der Waals surface area contributed by atoms with Gasteiger partial charge in [0.1, 0.15) is 5.76 Å². The minimum Gasteiger partial charge on any atom is -0.453 e. The van der Waals surface area contributed by atoms with E-state index >= 15 is 0 Å². The van der Waals surface area contributed by atoms with Gasteiger partial charge in [-0.2, -0.15) is 13.2 Å². The number of carbonyl (C=O) groups excluding carboxylic acids is 2. The second-order valence-electron chi connectivity index (χ2n) is 20.0. The van der Waals surface area contributed by atoms with Crippen molar-refractivity contribution < 1.29 is 37.4 Å². The van der Waals surface area contributed by atoms with Crippen molar-refractivity contribution in [2.75, 3.05) is 13.1 Å². The Morgan fingerprint density at radius 1 is 0.967 bits per heavy atom. The Labute approximate surface area is 357 Å². The van der Waals surface area contributed by atoms with Crippen molar-refractivity contribution >= 4 is 23.4 Å². The molecular weight excluding hydrogens is 789 g/mol. The fourth-order valence-corrected chi connectivity index (χ4v) is 12.8. The molecule has 1 heterocycles. The molecule has 0 saturated heterocycles. The molecule has 4 unspecified atom stereocenters. The van der Waals surface area contributed by atoms with Gasteiger partial charge in [-0.05, 0) is 181 Å². The molecule has 5 fully saturated rings. The lowest BCUT2D eigenvalue weighted by Crippen LogP contribution is -2.59. The van der Waals surface area contributed by atoms with E-state index in [1.165, 1.54) is 43.0 Å². The molecule has 7 aliphatic rings. The molecule has 11 heteroatoms. The van der Waals surface area contributed by atoms with Crippen molar-refractivity contribution in [3.05, 3.63) is 93.2 Å². The molecule has 2 aromatic carbocycles. The number of ketones is 1. The van der Waals surface area contributed by atoms with E-state index in [1.807, 2.05) is 36.9 Å². The lowest BCUT2D eigenvalue weighted by molar-refractivity contribution is -0.137. The van der Waals surface area contributed by atoms with Gasteiger partial charge in [0, 0.05) is 29.1 Å². The van der Waals surface area contributed by atoms with Crippen molar-refractivity contribution in [3.63, 3.8) is 0 Å². The van der Waals surface area contributed by atoms with E-state index in [0.29, 0.717) is 74.8 Å². The first-order valence-corrected chi connectivity index (χ1v) is 22.5. The Balaban J connectivity index is 1.17. The topological polar surface area (TPSA) is 103 Å². The van der Waals surface area contributed by atoms with Crippen LogP contribution >= 0.6 is 11.6 Å². The molecule has 0 radical (unpaired) electrons. The number of hydrogen-bond acceptors (Lipinski definition) is 5. The van der Waals surface area contributed by atoms with Crippen LogP contribution in [-0.2, 0) is 12.6 Å². The minimum atomic E-state index is -4.60. The fraction of sp³-hybridized carbons (Fsp3) is 0.592. The first-order chi connectivity index (χ1) is 28.3. The average molecular weight is 849 g/mol. The Hall–Kier alpha value is -3.60. The lowest BCUT2D eigenvalue weighted by atomic mass is 9.49. The highest BCUT2D eigenvalue weighted by molar-refractivity contribution is 6.33. The summed E-state index contributed by atoms with van der Waals surface area (Å²) >= 11 is 6.37. The number of benzene rings is 2. The van der Waals surface area contributed by atoms with Crippen molar-refractivity contribution in [1.82, 2.24) is 10.2 Å². The fourth-order valence-electron chi connectivity index (χ4n) is 12.6.